The van der Waals surface area contributed by atoms with Crippen LogP contribution in [0.25, 0.3) is 0 Å². The largest absolute Gasteiger partial charge is 0.504 e. The van der Waals surface area contributed by atoms with E-state index in [4.69, 9.17) is 21.7 Å². The van der Waals surface area contributed by atoms with Crippen LogP contribution in [0.5, 0.6) is 11.5 Å². The number of esters is 1. The van der Waals surface area contributed by atoms with E-state index < -0.39 is 5.97 Å². The normalized spacial score (nSPS) is 17.1. The van der Waals surface area contributed by atoms with Crippen LogP contribution in [0.4, 0.5) is 5.00 Å². The van der Waals surface area contributed by atoms with Gasteiger partial charge in [0.05, 0.1) is 25.9 Å². The van der Waals surface area contributed by atoms with E-state index in [1.807, 2.05) is 6.07 Å². The Hall–Kier alpha value is -2.97. The molecule has 2 fully saturated rings. The van der Waals surface area contributed by atoms with Crippen LogP contribution in [-0.2, 0) is 20.7 Å². The molecule has 0 saturated carbocycles. The van der Waals surface area contributed by atoms with E-state index in [9.17, 15) is 19.8 Å². The Bertz CT molecular complexity index is 1150. The summed E-state index contributed by atoms with van der Waals surface area (Å²) < 4.78 is 10.4. The van der Waals surface area contributed by atoms with Crippen molar-refractivity contribution in [2.75, 3.05) is 51.8 Å². The summed E-state index contributed by atoms with van der Waals surface area (Å²) in [6.45, 7) is 5.28. The average molecular weight is 564 g/mol. The fourth-order valence-electron chi connectivity index (χ4n) is 4.54. The Morgan fingerprint density at radius 2 is 1.79 bits per heavy atom. The number of hydrogen-bond donors (Lipinski definition) is 5. The van der Waals surface area contributed by atoms with Gasteiger partial charge in [0, 0.05) is 37.5 Å². The van der Waals surface area contributed by atoms with E-state index in [1.54, 1.807) is 6.07 Å². The molecule has 4 rings (SSSR count). The quantitative estimate of drug-likeness (QED) is 0.147. The fraction of sp³-hybridized carbons (Fsp3) is 0.480. The number of aromatic hydroxyl groups is 2. The number of rotatable bonds is 7. The topological polar surface area (TPSA) is 136 Å². The summed E-state index contributed by atoms with van der Waals surface area (Å²) in [6.07, 6.45) is 2.47. The van der Waals surface area contributed by atoms with Gasteiger partial charge in [-0.2, -0.15) is 0 Å². The minimum Gasteiger partial charge on any atom is -0.504 e. The summed E-state index contributed by atoms with van der Waals surface area (Å²) in [4.78, 5) is 25.8. The summed E-state index contributed by atoms with van der Waals surface area (Å²) in [6, 6.07) is 6.30. The number of methoxy groups -OCH3 is 1. The van der Waals surface area contributed by atoms with Gasteiger partial charge in [0.25, 0.3) is 0 Å². The van der Waals surface area contributed by atoms with Crippen molar-refractivity contribution in [1.82, 2.24) is 20.9 Å². The lowest BCUT2D eigenvalue weighted by Crippen LogP contribution is -2.51. The van der Waals surface area contributed by atoms with Gasteiger partial charge in [0.1, 0.15) is 5.00 Å². The average Bonchev–Trinajstić information content (AvgIpc) is 3.36. The van der Waals surface area contributed by atoms with E-state index in [-0.39, 0.29) is 28.9 Å². The maximum Gasteiger partial charge on any atom is 0.340 e. The summed E-state index contributed by atoms with van der Waals surface area (Å²) in [5, 5.41) is 27.5. The molecule has 0 radical (unpaired) electrons. The Kier molecular flexibility index (Phi) is 9.74. The van der Waals surface area contributed by atoms with Crippen LogP contribution >= 0.6 is 23.6 Å². The number of nitrogens with one attached hydrogen (secondary N) is 3. The minimum absolute atomic E-state index is 0.138. The second kappa shape index (κ2) is 13.2. The Balaban J connectivity index is 1.29. The molecule has 206 valence electrons. The van der Waals surface area contributed by atoms with Crippen molar-refractivity contribution in [2.45, 2.75) is 31.6 Å². The standard InChI is InChI=1S/C25H33N5O6S2/c1-35-24(34)18-15-21(17-6-8-29(9-7-17)30-10-12-36-13-11-30)38-23(18)26-25(37)28-27-22(33)5-3-16-2-4-19(31)20(32)14-16/h2,4,14-15,17,31-32H,3,5-13H2,1H3,(H,27,33)(H2,26,28,37). The van der Waals surface area contributed by atoms with Crippen molar-refractivity contribution in [3.63, 3.8) is 0 Å². The number of hydrazine groups is 2. The van der Waals surface area contributed by atoms with E-state index in [2.05, 4.69) is 26.2 Å². The molecule has 1 aromatic carbocycles. The number of aryl methyl sites for hydroxylation is 1. The molecule has 0 unspecified atom stereocenters. The zero-order chi connectivity index (χ0) is 27.1. The third-order valence-electron chi connectivity index (χ3n) is 6.64. The summed E-state index contributed by atoms with van der Waals surface area (Å²) in [5.74, 6) is -0.876. The molecule has 11 nitrogen and oxygen atoms in total. The van der Waals surface area contributed by atoms with Crippen molar-refractivity contribution >= 4 is 45.5 Å². The first-order chi connectivity index (χ1) is 18.3. The van der Waals surface area contributed by atoms with Gasteiger partial charge in [-0.3, -0.25) is 15.6 Å². The zero-order valence-electron chi connectivity index (χ0n) is 21.2. The molecule has 2 aliphatic heterocycles. The highest BCUT2D eigenvalue weighted by Gasteiger charge is 2.28. The van der Waals surface area contributed by atoms with E-state index in [0.717, 1.165) is 57.1 Å². The van der Waals surface area contributed by atoms with Crippen LogP contribution in [0.2, 0.25) is 0 Å². The van der Waals surface area contributed by atoms with Crippen LogP contribution in [0.1, 0.15) is 46.0 Å². The van der Waals surface area contributed by atoms with Crippen LogP contribution in [0.3, 0.4) is 0 Å². The number of phenols is 2. The number of amides is 1. The third-order valence-corrected chi connectivity index (χ3v) is 8.06. The smallest absolute Gasteiger partial charge is 0.340 e. The number of hydrogen-bond acceptors (Lipinski definition) is 10. The number of anilines is 1. The molecule has 38 heavy (non-hydrogen) atoms. The molecule has 2 aromatic rings. The molecular formula is C25H33N5O6S2. The number of carbonyl (C=O) groups is 2. The second-order valence-electron chi connectivity index (χ2n) is 9.13. The maximum atomic E-state index is 12.5. The predicted molar refractivity (Wildman–Crippen MR) is 147 cm³/mol. The lowest BCUT2D eigenvalue weighted by atomic mass is 9.95. The van der Waals surface area contributed by atoms with Gasteiger partial charge in [-0.15, -0.1) is 11.3 Å². The fourth-order valence-corrected chi connectivity index (χ4v) is 5.98. The number of piperidine rings is 1. The van der Waals surface area contributed by atoms with Crippen molar-refractivity contribution in [3.8, 4) is 11.5 Å². The number of phenolic OH excluding ortho intramolecular Hbond substituents is 2. The molecule has 0 bridgehead atoms. The molecule has 0 spiro atoms. The number of carbonyl (C=O) groups excluding carboxylic acids is 2. The van der Waals surface area contributed by atoms with Gasteiger partial charge >= 0.3 is 5.97 Å². The van der Waals surface area contributed by atoms with E-state index in [1.165, 1.54) is 30.6 Å². The molecule has 1 aromatic heterocycles. The van der Waals surface area contributed by atoms with Gasteiger partial charge in [0.15, 0.2) is 16.6 Å². The number of morpholine rings is 1. The number of benzene rings is 1. The van der Waals surface area contributed by atoms with Crippen LogP contribution < -0.4 is 16.2 Å². The van der Waals surface area contributed by atoms with Gasteiger partial charge < -0.3 is 25.0 Å². The molecular weight excluding hydrogens is 530 g/mol. The zero-order valence-corrected chi connectivity index (χ0v) is 22.8. The molecule has 0 aliphatic carbocycles. The summed E-state index contributed by atoms with van der Waals surface area (Å²) in [5.41, 5.74) is 6.32. The molecule has 13 heteroatoms. The Morgan fingerprint density at radius 3 is 2.47 bits per heavy atom. The van der Waals surface area contributed by atoms with Crippen LogP contribution in [-0.4, -0.2) is 83.7 Å². The number of ether oxygens (including phenoxy) is 2. The van der Waals surface area contributed by atoms with E-state index in [0.29, 0.717) is 28.5 Å². The van der Waals surface area contributed by atoms with Crippen molar-refractivity contribution in [1.29, 1.82) is 0 Å². The van der Waals surface area contributed by atoms with Crippen molar-refractivity contribution in [2.24, 2.45) is 0 Å². The third kappa shape index (κ3) is 7.32. The minimum atomic E-state index is -0.454. The molecule has 2 saturated heterocycles. The highest BCUT2D eigenvalue weighted by atomic mass is 32.1. The lowest BCUT2D eigenvalue weighted by Gasteiger charge is -2.41. The van der Waals surface area contributed by atoms with Gasteiger partial charge in [-0.05, 0) is 61.2 Å². The predicted octanol–water partition coefficient (Wildman–Crippen LogP) is 2.32. The molecule has 0 atom stereocenters. The molecule has 1 amide bonds. The van der Waals surface area contributed by atoms with Crippen molar-refractivity contribution in [3.05, 3.63) is 40.3 Å². The van der Waals surface area contributed by atoms with Crippen molar-refractivity contribution < 1.29 is 29.3 Å². The summed E-state index contributed by atoms with van der Waals surface area (Å²) >= 11 is 6.80. The number of thiophene rings is 1. The first-order valence-corrected chi connectivity index (χ1v) is 13.7. The van der Waals surface area contributed by atoms with Crippen LogP contribution in [0.15, 0.2) is 24.3 Å². The van der Waals surface area contributed by atoms with Crippen LogP contribution in [0, 0.1) is 0 Å². The number of thiocarbonyl (C=S) groups is 1. The second-order valence-corrected chi connectivity index (χ2v) is 10.6. The molecule has 3 heterocycles. The molecule has 5 N–H and O–H groups in total. The summed E-state index contributed by atoms with van der Waals surface area (Å²) in [7, 11) is 1.34. The molecule has 2 aliphatic rings. The highest BCUT2D eigenvalue weighted by molar-refractivity contribution is 7.80. The maximum absolute atomic E-state index is 12.5. The Morgan fingerprint density at radius 1 is 1.08 bits per heavy atom. The Labute approximate surface area is 230 Å². The first kappa shape index (κ1) is 28.0. The first-order valence-electron chi connectivity index (χ1n) is 12.5. The van der Waals surface area contributed by atoms with E-state index >= 15 is 0 Å². The van der Waals surface area contributed by atoms with Gasteiger partial charge in [0.2, 0.25) is 5.91 Å². The number of nitrogens with zero attached hydrogens (tertiary/aromatic N) is 2. The monoisotopic (exact) mass is 563 g/mol. The van der Waals surface area contributed by atoms with Gasteiger partial charge in [-0.1, -0.05) is 6.07 Å². The lowest BCUT2D eigenvalue weighted by molar-refractivity contribution is -0.121. The highest BCUT2D eigenvalue weighted by Crippen LogP contribution is 2.38. The van der Waals surface area contributed by atoms with Gasteiger partial charge in [-0.25, -0.2) is 14.8 Å². The SMILES string of the molecule is COC(=O)c1cc(C2CCN(N3CCOCC3)CC2)sc1NC(=S)NNC(=O)CCc1ccc(O)c(O)c1.